The van der Waals surface area contributed by atoms with Crippen molar-refractivity contribution in [1.29, 1.82) is 0 Å². The zero-order valence-electron chi connectivity index (χ0n) is 16.9. The maximum absolute atomic E-state index is 12.3. The molecule has 0 aliphatic heterocycles. The molecule has 2 aromatic carbocycles. The molecule has 0 saturated carbocycles. The van der Waals surface area contributed by atoms with Gasteiger partial charge >= 0.3 is 0 Å². The highest BCUT2D eigenvalue weighted by Gasteiger charge is 2.20. The van der Waals surface area contributed by atoms with E-state index in [1.165, 1.54) is 11.8 Å². The van der Waals surface area contributed by atoms with Crippen molar-refractivity contribution in [2.24, 2.45) is 0 Å². The normalized spacial score (nSPS) is 11.9. The van der Waals surface area contributed by atoms with Gasteiger partial charge in [-0.1, -0.05) is 53.2 Å². The average Bonchev–Trinajstić information content (AvgIpc) is 3.13. The molecule has 0 aliphatic rings. The van der Waals surface area contributed by atoms with E-state index in [-0.39, 0.29) is 17.8 Å². The van der Waals surface area contributed by atoms with E-state index < -0.39 is 0 Å². The van der Waals surface area contributed by atoms with Crippen molar-refractivity contribution in [2.45, 2.75) is 38.6 Å². The van der Waals surface area contributed by atoms with Crippen LogP contribution in [0.3, 0.4) is 0 Å². The zero-order valence-corrected chi connectivity index (χ0v) is 19.2. The van der Waals surface area contributed by atoms with E-state index in [2.05, 4.69) is 15.5 Å². The molecule has 0 aliphatic carbocycles. The number of carbonyl (C=O) groups excluding carboxylic acids is 1. The summed E-state index contributed by atoms with van der Waals surface area (Å²) in [5, 5.41) is 13.1. The number of benzene rings is 2. The molecule has 6 nitrogen and oxygen atoms in total. The van der Waals surface area contributed by atoms with Crippen molar-refractivity contribution >= 4 is 46.6 Å². The molecule has 0 bridgehead atoms. The number of hydrogen-bond donors (Lipinski definition) is 1. The van der Waals surface area contributed by atoms with E-state index in [9.17, 15) is 4.79 Å². The maximum atomic E-state index is 12.3. The van der Waals surface area contributed by atoms with Crippen LogP contribution in [0.25, 0.3) is 0 Å². The van der Waals surface area contributed by atoms with Gasteiger partial charge in [0.25, 0.3) is 0 Å². The van der Waals surface area contributed by atoms with Crippen molar-refractivity contribution < 1.29 is 9.53 Å². The monoisotopic (exact) mass is 464 g/mol. The molecule has 1 amide bonds. The Balaban J connectivity index is 1.66. The van der Waals surface area contributed by atoms with Gasteiger partial charge < -0.3 is 14.6 Å². The van der Waals surface area contributed by atoms with Crippen molar-refractivity contribution in [3.63, 3.8) is 0 Å². The first kappa shape index (κ1) is 22.5. The van der Waals surface area contributed by atoms with Crippen LogP contribution in [0.4, 0.5) is 5.69 Å². The number of hydrogen-bond acceptors (Lipinski definition) is 5. The lowest BCUT2D eigenvalue weighted by atomic mass is 10.2. The number of para-hydroxylation sites is 1. The molecular weight excluding hydrogens is 443 g/mol. The second-order valence-corrected chi connectivity index (χ2v) is 8.36. The summed E-state index contributed by atoms with van der Waals surface area (Å²) in [6.45, 7) is 6.47. The molecule has 1 atom stereocenters. The number of amides is 1. The summed E-state index contributed by atoms with van der Waals surface area (Å²) in [6, 6.07) is 12.7. The van der Waals surface area contributed by atoms with Gasteiger partial charge in [0.1, 0.15) is 5.75 Å². The van der Waals surface area contributed by atoms with Crippen LogP contribution in [0.5, 0.6) is 5.75 Å². The Morgan fingerprint density at radius 1 is 1.23 bits per heavy atom. The number of anilines is 1. The molecule has 0 fully saturated rings. The van der Waals surface area contributed by atoms with Crippen LogP contribution >= 0.6 is 35.0 Å². The van der Waals surface area contributed by atoms with Crippen LogP contribution in [-0.4, -0.2) is 26.4 Å². The van der Waals surface area contributed by atoms with Gasteiger partial charge in [0, 0.05) is 17.3 Å². The molecule has 0 saturated heterocycles. The molecule has 1 aromatic heterocycles. The number of carbonyl (C=O) groups is 1. The van der Waals surface area contributed by atoms with Crippen molar-refractivity contribution in [3.8, 4) is 5.75 Å². The fourth-order valence-corrected chi connectivity index (χ4v) is 4.11. The third-order valence-electron chi connectivity index (χ3n) is 4.37. The average molecular weight is 465 g/mol. The zero-order chi connectivity index (χ0) is 21.7. The second-order valence-electron chi connectivity index (χ2n) is 6.57. The van der Waals surface area contributed by atoms with Crippen LogP contribution < -0.4 is 10.1 Å². The van der Waals surface area contributed by atoms with E-state index in [1.54, 1.807) is 18.2 Å². The van der Waals surface area contributed by atoms with Crippen LogP contribution in [0.1, 0.15) is 31.3 Å². The molecule has 3 rings (SSSR count). The Bertz CT molecular complexity index is 1040. The standard InChI is InChI=1S/C21H22Cl2N4O2S/c1-4-27-20(14(3)29-18-10-9-15(22)11-16(18)23)25-26-21(27)30-12-19(28)24-17-8-6-5-7-13(17)2/h5-11,14H,4,12H2,1-3H3,(H,24,28). The highest BCUT2D eigenvalue weighted by atomic mass is 35.5. The molecule has 1 heterocycles. The smallest absolute Gasteiger partial charge is 0.234 e. The number of aromatic nitrogens is 3. The first-order valence-corrected chi connectivity index (χ1v) is 11.2. The summed E-state index contributed by atoms with van der Waals surface area (Å²) in [7, 11) is 0. The Morgan fingerprint density at radius 2 is 2.00 bits per heavy atom. The molecule has 3 aromatic rings. The number of ether oxygens (including phenoxy) is 1. The summed E-state index contributed by atoms with van der Waals surface area (Å²) in [5.41, 5.74) is 1.82. The Morgan fingerprint density at radius 3 is 2.70 bits per heavy atom. The Hall–Kier alpha value is -2.22. The van der Waals surface area contributed by atoms with Crippen molar-refractivity contribution in [1.82, 2.24) is 14.8 Å². The first-order valence-electron chi connectivity index (χ1n) is 9.42. The molecule has 30 heavy (non-hydrogen) atoms. The van der Waals surface area contributed by atoms with Gasteiger partial charge in [0.15, 0.2) is 17.1 Å². The van der Waals surface area contributed by atoms with Gasteiger partial charge in [-0.3, -0.25) is 4.79 Å². The number of thioether (sulfide) groups is 1. The van der Waals surface area contributed by atoms with E-state index in [4.69, 9.17) is 27.9 Å². The van der Waals surface area contributed by atoms with E-state index in [1.807, 2.05) is 49.6 Å². The number of halogens is 2. The van der Waals surface area contributed by atoms with Gasteiger partial charge in [-0.15, -0.1) is 10.2 Å². The molecular formula is C21H22Cl2N4O2S. The minimum atomic E-state index is -0.383. The van der Waals surface area contributed by atoms with E-state index in [0.717, 1.165) is 11.3 Å². The molecule has 1 unspecified atom stereocenters. The lowest BCUT2D eigenvalue weighted by Gasteiger charge is -2.16. The van der Waals surface area contributed by atoms with Crippen LogP contribution in [-0.2, 0) is 11.3 Å². The van der Waals surface area contributed by atoms with Crippen LogP contribution in [0.2, 0.25) is 10.0 Å². The predicted octanol–water partition coefficient (Wildman–Crippen LogP) is 5.78. The van der Waals surface area contributed by atoms with E-state index in [0.29, 0.717) is 33.3 Å². The fourth-order valence-electron chi connectivity index (χ4n) is 2.85. The highest BCUT2D eigenvalue weighted by Crippen LogP contribution is 2.31. The lowest BCUT2D eigenvalue weighted by molar-refractivity contribution is -0.113. The minimum absolute atomic E-state index is 0.0984. The molecule has 9 heteroatoms. The van der Waals surface area contributed by atoms with Crippen LogP contribution in [0.15, 0.2) is 47.6 Å². The SMILES string of the molecule is CCn1c(SCC(=O)Nc2ccccc2C)nnc1C(C)Oc1ccc(Cl)cc1Cl. The van der Waals surface area contributed by atoms with E-state index >= 15 is 0 Å². The number of nitrogens with one attached hydrogen (secondary N) is 1. The third-order valence-corrected chi connectivity index (χ3v) is 5.87. The predicted molar refractivity (Wildman–Crippen MR) is 122 cm³/mol. The van der Waals surface area contributed by atoms with Gasteiger partial charge in [-0.05, 0) is 50.6 Å². The number of nitrogens with zero attached hydrogens (tertiary/aromatic N) is 3. The summed E-state index contributed by atoms with van der Waals surface area (Å²) in [6.07, 6.45) is -0.383. The van der Waals surface area contributed by atoms with Gasteiger partial charge in [0.05, 0.1) is 10.8 Å². The second kappa shape index (κ2) is 10.2. The van der Waals surface area contributed by atoms with Crippen molar-refractivity contribution in [2.75, 3.05) is 11.1 Å². The van der Waals surface area contributed by atoms with Crippen molar-refractivity contribution in [3.05, 3.63) is 63.9 Å². The number of rotatable bonds is 8. The first-order chi connectivity index (χ1) is 14.4. The summed E-state index contributed by atoms with van der Waals surface area (Å²) in [4.78, 5) is 12.3. The summed E-state index contributed by atoms with van der Waals surface area (Å²) < 4.78 is 7.89. The Kier molecular flexibility index (Phi) is 7.64. The van der Waals surface area contributed by atoms with Crippen LogP contribution in [0, 0.1) is 6.92 Å². The third kappa shape index (κ3) is 5.47. The summed E-state index contributed by atoms with van der Waals surface area (Å²) in [5.74, 6) is 1.31. The topological polar surface area (TPSA) is 69.0 Å². The van der Waals surface area contributed by atoms with Gasteiger partial charge in [-0.25, -0.2) is 0 Å². The highest BCUT2D eigenvalue weighted by molar-refractivity contribution is 7.99. The molecule has 1 N–H and O–H groups in total. The van der Waals surface area contributed by atoms with Gasteiger partial charge in [-0.2, -0.15) is 0 Å². The number of aryl methyl sites for hydroxylation is 1. The molecule has 0 spiro atoms. The maximum Gasteiger partial charge on any atom is 0.234 e. The summed E-state index contributed by atoms with van der Waals surface area (Å²) >= 11 is 13.5. The largest absolute Gasteiger partial charge is 0.481 e. The lowest BCUT2D eigenvalue weighted by Crippen LogP contribution is -2.16. The Labute approximate surface area is 189 Å². The van der Waals surface area contributed by atoms with Gasteiger partial charge in [0.2, 0.25) is 5.91 Å². The quantitative estimate of drug-likeness (QED) is 0.427. The molecule has 158 valence electrons. The minimum Gasteiger partial charge on any atom is -0.481 e. The molecule has 0 radical (unpaired) electrons. The fraction of sp³-hybridized carbons (Fsp3) is 0.286.